The standard InChI is InChI=1S/C16H13N3OS2/c1-10(21-2)15(20)13(8-18)16-19-14(9-22-16)12-5-3-11(7-17)4-6-12/h3-6,9-10,13H,1-2H3/t10-,13-/m0/s1. The van der Waals surface area contributed by atoms with Crippen LogP contribution in [0.15, 0.2) is 29.6 Å². The predicted octanol–water partition coefficient (Wildman–Crippen LogP) is 3.61. The van der Waals surface area contributed by atoms with Gasteiger partial charge >= 0.3 is 0 Å². The highest BCUT2D eigenvalue weighted by atomic mass is 32.2. The summed E-state index contributed by atoms with van der Waals surface area (Å²) in [6.07, 6.45) is 1.85. The van der Waals surface area contributed by atoms with Crippen LogP contribution in [0.25, 0.3) is 11.3 Å². The van der Waals surface area contributed by atoms with E-state index in [0.717, 1.165) is 5.56 Å². The fraction of sp³-hybridized carbons (Fsp3) is 0.250. The normalized spacial score (nSPS) is 12.9. The molecule has 0 aliphatic rings. The van der Waals surface area contributed by atoms with Crippen molar-refractivity contribution in [3.05, 3.63) is 40.2 Å². The highest BCUT2D eigenvalue weighted by Gasteiger charge is 2.27. The molecule has 1 heterocycles. The van der Waals surface area contributed by atoms with Crippen molar-refractivity contribution >= 4 is 28.9 Å². The average Bonchev–Trinajstić information content (AvgIpc) is 3.04. The van der Waals surface area contributed by atoms with Gasteiger partial charge in [-0.1, -0.05) is 12.1 Å². The van der Waals surface area contributed by atoms with Gasteiger partial charge in [0.25, 0.3) is 0 Å². The number of aromatic nitrogens is 1. The summed E-state index contributed by atoms with van der Waals surface area (Å²) in [6.45, 7) is 1.80. The predicted molar refractivity (Wildman–Crippen MR) is 88.6 cm³/mol. The van der Waals surface area contributed by atoms with E-state index < -0.39 is 5.92 Å². The van der Waals surface area contributed by atoms with E-state index in [9.17, 15) is 10.1 Å². The van der Waals surface area contributed by atoms with Gasteiger partial charge in [-0.25, -0.2) is 4.98 Å². The molecule has 0 N–H and O–H groups in total. The highest BCUT2D eigenvalue weighted by Crippen LogP contribution is 2.29. The van der Waals surface area contributed by atoms with E-state index in [1.54, 1.807) is 19.1 Å². The van der Waals surface area contributed by atoms with Crippen molar-refractivity contribution in [3.8, 4) is 23.4 Å². The van der Waals surface area contributed by atoms with Gasteiger partial charge in [0.2, 0.25) is 0 Å². The fourth-order valence-corrected chi connectivity index (χ4v) is 3.11. The van der Waals surface area contributed by atoms with Gasteiger partial charge < -0.3 is 0 Å². The molecule has 2 rings (SSSR count). The molecule has 2 aromatic rings. The Hall–Kier alpha value is -2.15. The number of carbonyl (C=O) groups excluding carboxylic acids is 1. The van der Waals surface area contributed by atoms with Crippen LogP contribution in [0.4, 0.5) is 0 Å². The quantitative estimate of drug-likeness (QED) is 0.838. The number of benzene rings is 1. The van der Waals surface area contributed by atoms with Gasteiger partial charge in [0.1, 0.15) is 5.01 Å². The number of carbonyl (C=O) groups is 1. The molecule has 1 aromatic heterocycles. The van der Waals surface area contributed by atoms with Crippen molar-refractivity contribution < 1.29 is 4.79 Å². The number of thiazole rings is 1. The molecule has 0 radical (unpaired) electrons. The smallest absolute Gasteiger partial charge is 0.169 e. The number of ketones is 1. The molecule has 1 aromatic carbocycles. The topological polar surface area (TPSA) is 77.5 Å². The van der Waals surface area contributed by atoms with Gasteiger partial charge in [-0.05, 0) is 25.3 Å². The third-order valence-electron chi connectivity index (χ3n) is 3.25. The summed E-state index contributed by atoms with van der Waals surface area (Å²) in [5.41, 5.74) is 2.16. The molecular weight excluding hydrogens is 314 g/mol. The SMILES string of the molecule is CS[C@@H](C)C(=O)[C@H](C#N)c1nc(-c2ccc(C#N)cc2)cs1. The molecule has 0 bridgehead atoms. The maximum atomic E-state index is 12.2. The lowest BCUT2D eigenvalue weighted by atomic mass is 10.0. The molecule has 0 saturated carbocycles. The third-order valence-corrected chi connectivity index (χ3v) is 5.10. The highest BCUT2D eigenvalue weighted by molar-refractivity contribution is 7.99. The number of rotatable bonds is 5. The molecule has 0 fully saturated rings. The lowest BCUT2D eigenvalue weighted by Gasteiger charge is -2.09. The van der Waals surface area contributed by atoms with Crippen molar-refractivity contribution in [1.82, 2.24) is 4.98 Å². The number of nitrogens with zero attached hydrogens (tertiary/aromatic N) is 3. The number of hydrogen-bond donors (Lipinski definition) is 0. The maximum Gasteiger partial charge on any atom is 0.169 e. The summed E-state index contributed by atoms with van der Waals surface area (Å²) in [7, 11) is 0. The van der Waals surface area contributed by atoms with Crippen molar-refractivity contribution in [2.45, 2.75) is 18.1 Å². The van der Waals surface area contributed by atoms with Crippen molar-refractivity contribution in [2.75, 3.05) is 6.26 Å². The molecule has 0 saturated heterocycles. The van der Waals surface area contributed by atoms with Crippen LogP contribution in [0.5, 0.6) is 0 Å². The molecule has 0 amide bonds. The van der Waals surface area contributed by atoms with Gasteiger partial charge in [-0.2, -0.15) is 22.3 Å². The zero-order valence-electron chi connectivity index (χ0n) is 12.1. The van der Waals surface area contributed by atoms with Crippen molar-refractivity contribution in [2.24, 2.45) is 0 Å². The Morgan fingerprint density at radius 1 is 1.32 bits per heavy atom. The van der Waals surface area contributed by atoms with Crippen LogP contribution < -0.4 is 0 Å². The molecule has 0 aliphatic carbocycles. The Morgan fingerprint density at radius 2 is 2.00 bits per heavy atom. The van der Waals surface area contributed by atoms with E-state index in [1.165, 1.54) is 23.1 Å². The lowest BCUT2D eigenvalue weighted by Crippen LogP contribution is -2.20. The summed E-state index contributed by atoms with van der Waals surface area (Å²) < 4.78 is 0. The molecule has 110 valence electrons. The second kappa shape index (κ2) is 7.22. The molecule has 0 aliphatic heterocycles. The first-order chi connectivity index (χ1) is 10.6. The molecule has 22 heavy (non-hydrogen) atoms. The van der Waals surface area contributed by atoms with Gasteiger partial charge in [0, 0.05) is 10.9 Å². The monoisotopic (exact) mass is 327 g/mol. The number of Topliss-reactive ketones (excluding diaryl/α,β-unsaturated/α-hetero) is 1. The van der Waals surface area contributed by atoms with E-state index in [-0.39, 0.29) is 11.0 Å². The largest absolute Gasteiger partial charge is 0.296 e. The Labute approximate surface area is 137 Å². The lowest BCUT2D eigenvalue weighted by molar-refractivity contribution is -0.118. The molecule has 6 heteroatoms. The summed E-state index contributed by atoms with van der Waals surface area (Å²) >= 11 is 2.74. The molecule has 0 spiro atoms. The molecular formula is C16H13N3OS2. The maximum absolute atomic E-state index is 12.2. The van der Waals surface area contributed by atoms with Crippen molar-refractivity contribution in [1.29, 1.82) is 10.5 Å². The summed E-state index contributed by atoms with van der Waals surface area (Å²) in [5, 5.41) is 20.2. The van der Waals surface area contributed by atoms with E-state index in [4.69, 9.17) is 5.26 Å². The first-order valence-corrected chi connectivity index (χ1v) is 8.69. The minimum Gasteiger partial charge on any atom is -0.296 e. The van der Waals surface area contributed by atoms with Crippen molar-refractivity contribution in [3.63, 3.8) is 0 Å². The Kier molecular flexibility index (Phi) is 5.32. The second-order valence-electron chi connectivity index (χ2n) is 4.60. The van der Waals surface area contributed by atoms with Crippen LogP contribution in [0.2, 0.25) is 0 Å². The molecule has 4 nitrogen and oxygen atoms in total. The Bertz CT molecular complexity index is 753. The average molecular weight is 327 g/mol. The van der Waals surface area contributed by atoms with E-state index in [2.05, 4.69) is 17.1 Å². The summed E-state index contributed by atoms with van der Waals surface area (Å²) in [6, 6.07) is 11.2. The number of hydrogen-bond acceptors (Lipinski definition) is 6. The minimum atomic E-state index is -0.820. The van der Waals surface area contributed by atoms with Crippen LogP contribution in [-0.2, 0) is 4.79 Å². The van der Waals surface area contributed by atoms with E-state index in [0.29, 0.717) is 16.3 Å². The fourth-order valence-electron chi connectivity index (χ4n) is 1.86. The Morgan fingerprint density at radius 3 is 2.55 bits per heavy atom. The minimum absolute atomic E-state index is 0.115. The Balaban J connectivity index is 2.28. The zero-order chi connectivity index (χ0) is 16.1. The first kappa shape index (κ1) is 16.2. The van der Waals surface area contributed by atoms with E-state index in [1.807, 2.05) is 23.8 Å². The van der Waals surface area contributed by atoms with Gasteiger partial charge in [0.05, 0.1) is 28.6 Å². The zero-order valence-corrected chi connectivity index (χ0v) is 13.7. The summed E-state index contributed by atoms with van der Waals surface area (Å²) in [4.78, 5) is 16.7. The second-order valence-corrected chi connectivity index (χ2v) is 6.67. The van der Waals surface area contributed by atoms with Crippen LogP contribution in [-0.4, -0.2) is 22.3 Å². The van der Waals surface area contributed by atoms with Crippen LogP contribution in [0.1, 0.15) is 23.4 Å². The van der Waals surface area contributed by atoms with Crippen LogP contribution in [0, 0.1) is 22.7 Å². The number of nitriles is 2. The summed E-state index contributed by atoms with van der Waals surface area (Å²) in [5.74, 6) is -0.935. The van der Waals surface area contributed by atoms with Gasteiger partial charge in [0.15, 0.2) is 11.7 Å². The molecule has 2 atom stereocenters. The van der Waals surface area contributed by atoms with E-state index >= 15 is 0 Å². The van der Waals surface area contributed by atoms with Gasteiger partial charge in [-0.3, -0.25) is 4.79 Å². The van der Waals surface area contributed by atoms with Gasteiger partial charge in [-0.15, -0.1) is 11.3 Å². The molecule has 0 unspecified atom stereocenters. The van der Waals surface area contributed by atoms with Crippen LogP contribution in [0.3, 0.4) is 0 Å². The number of thioether (sulfide) groups is 1. The van der Waals surface area contributed by atoms with Crippen LogP contribution >= 0.6 is 23.1 Å². The third kappa shape index (κ3) is 3.36. The first-order valence-electron chi connectivity index (χ1n) is 6.52.